The Balaban J connectivity index is 1.37. The maximum Gasteiger partial charge on any atom is 0.197 e. The summed E-state index contributed by atoms with van der Waals surface area (Å²) in [4.78, 5) is 28.9. The molecule has 150 valence electrons. The number of allylic oxidation sites excluding steroid dienone is 1. The molecule has 2 aromatic carbocycles. The molecule has 6 rings (SSSR count). The third-order valence-corrected chi connectivity index (χ3v) is 9.49. The standard InChI is InChI=1S/C24H10Cl2O2S3/c25-16-8-13-14(9-17(16)26)24(28)15(23(13)27)6-12-7-20-21(29-12)10-22(31-20)19-5-11-3-1-2-4-18(11)30-19/h1-10H. The topological polar surface area (TPSA) is 34.1 Å². The second-order valence-corrected chi connectivity index (χ2v) is 11.3. The maximum absolute atomic E-state index is 12.8. The van der Waals surface area contributed by atoms with Crippen LogP contribution < -0.4 is 0 Å². The molecule has 0 saturated heterocycles. The number of fused-ring (bicyclic) bond motifs is 3. The predicted molar refractivity (Wildman–Crippen MR) is 134 cm³/mol. The Bertz CT molecular complexity index is 1490. The average molecular weight is 497 g/mol. The first-order valence-corrected chi connectivity index (χ1v) is 12.5. The summed E-state index contributed by atoms with van der Waals surface area (Å²) in [7, 11) is 0. The van der Waals surface area contributed by atoms with Crippen molar-refractivity contribution in [1.82, 2.24) is 0 Å². The summed E-state index contributed by atoms with van der Waals surface area (Å²) in [6.07, 6.45) is 1.68. The van der Waals surface area contributed by atoms with E-state index in [1.54, 1.807) is 40.1 Å². The lowest BCUT2D eigenvalue weighted by atomic mass is 10.1. The molecule has 0 spiro atoms. The Labute approximate surface area is 199 Å². The third kappa shape index (κ3) is 3.12. The second-order valence-electron chi connectivity index (χ2n) is 7.16. The molecule has 0 fully saturated rings. The van der Waals surface area contributed by atoms with Crippen molar-refractivity contribution >= 4 is 94.3 Å². The molecule has 0 N–H and O–H groups in total. The van der Waals surface area contributed by atoms with Gasteiger partial charge >= 0.3 is 0 Å². The fourth-order valence-corrected chi connectivity index (χ4v) is 7.55. The molecule has 31 heavy (non-hydrogen) atoms. The van der Waals surface area contributed by atoms with Crippen LogP contribution in [0.1, 0.15) is 25.6 Å². The third-order valence-electron chi connectivity index (χ3n) is 5.22. The minimum Gasteiger partial charge on any atom is -0.288 e. The zero-order valence-corrected chi connectivity index (χ0v) is 19.5. The Kier molecular flexibility index (Phi) is 4.46. The molecule has 0 aliphatic heterocycles. The molecule has 7 heteroatoms. The number of ketones is 2. The van der Waals surface area contributed by atoms with Gasteiger partial charge in [0.25, 0.3) is 0 Å². The lowest BCUT2D eigenvalue weighted by Gasteiger charge is -1.98. The van der Waals surface area contributed by atoms with Crippen LogP contribution in [0.3, 0.4) is 0 Å². The summed E-state index contributed by atoms with van der Waals surface area (Å²) in [5.74, 6) is -0.609. The van der Waals surface area contributed by atoms with Crippen molar-refractivity contribution in [2.75, 3.05) is 0 Å². The average Bonchev–Trinajstić information content (AvgIpc) is 3.48. The summed E-state index contributed by atoms with van der Waals surface area (Å²) in [6, 6.07) is 17.8. The molecular weight excluding hydrogens is 487 g/mol. The fourth-order valence-electron chi connectivity index (χ4n) is 3.74. The van der Waals surface area contributed by atoms with E-state index in [4.69, 9.17) is 23.2 Å². The first-order chi connectivity index (χ1) is 15.0. The number of thiophene rings is 3. The fraction of sp³-hybridized carbons (Fsp3) is 0. The van der Waals surface area contributed by atoms with E-state index in [9.17, 15) is 9.59 Å². The first-order valence-electron chi connectivity index (χ1n) is 9.30. The normalized spacial score (nSPS) is 13.5. The molecule has 0 atom stereocenters. The zero-order valence-electron chi connectivity index (χ0n) is 15.6. The van der Waals surface area contributed by atoms with Gasteiger partial charge in [-0.05, 0) is 47.9 Å². The van der Waals surface area contributed by atoms with Crippen molar-refractivity contribution < 1.29 is 9.59 Å². The highest BCUT2D eigenvalue weighted by atomic mass is 35.5. The van der Waals surface area contributed by atoms with E-state index in [-0.39, 0.29) is 27.2 Å². The molecule has 0 amide bonds. The van der Waals surface area contributed by atoms with E-state index < -0.39 is 0 Å². The van der Waals surface area contributed by atoms with Crippen LogP contribution in [0.2, 0.25) is 10.0 Å². The zero-order chi connectivity index (χ0) is 21.3. The molecule has 0 radical (unpaired) electrons. The van der Waals surface area contributed by atoms with E-state index in [2.05, 4.69) is 36.4 Å². The van der Waals surface area contributed by atoms with Gasteiger partial charge in [0.15, 0.2) is 11.6 Å². The summed E-state index contributed by atoms with van der Waals surface area (Å²) < 4.78 is 3.56. The summed E-state index contributed by atoms with van der Waals surface area (Å²) in [6.45, 7) is 0. The van der Waals surface area contributed by atoms with Crippen molar-refractivity contribution in [3.63, 3.8) is 0 Å². The number of benzene rings is 2. The second kappa shape index (κ2) is 7.12. The molecular formula is C24H10Cl2O2S3. The highest BCUT2D eigenvalue weighted by Crippen LogP contribution is 2.43. The van der Waals surface area contributed by atoms with E-state index in [1.807, 2.05) is 6.07 Å². The molecule has 3 heterocycles. The summed E-state index contributed by atoms with van der Waals surface area (Å²) in [5, 5.41) is 1.80. The quantitative estimate of drug-likeness (QED) is 0.181. The minimum atomic E-state index is -0.304. The van der Waals surface area contributed by atoms with Crippen LogP contribution >= 0.6 is 57.2 Å². The molecule has 3 aromatic heterocycles. The molecule has 0 unspecified atom stereocenters. The van der Waals surface area contributed by atoms with Crippen LogP contribution in [0.5, 0.6) is 0 Å². The SMILES string of the molecule is O=C1C(=Cc2cc3sc(-c4cc5ccccc5s4)cc3s2)C(=O)c2cc(Cl)c(Cl)cc21. The number of hydrogen-bond donors (Lipinski definition) is 0. The highest BCUT2D eigenvalue weighted by molar-refractivity contribution is 7.32. The Morgan fingerprint density at radius 2 is 1.29 bits per heavy atom. The van der Waals surface area contributed by atoms with Crippen molar-refractivity contribution in [2.45, 2.75) is 0 Å². The van der Waals surface area contributed by atoms with Gasteiger partial charge < -0.3 is 0 Å². The number of carbonyl (C=O) groups is 2. The molecule has 2 nitrogen and oxygen atoms in total. The van der Waals surface area contributed by atoms with Crippen LogP contribution in [0.25, 0.3) is 35.3 Å². The van der Waals surface area contributed by atoms with Crippen molar-refractivity contribution in [3.8, 4) is 9.75 Å². The Morgan fingerprint density at radius 1 is 0.677 bits per heavy atom. The van der Waals surface area contributed by atoms with Crippen molar-refractivity contribution in [3.05, 3.63) is 86.2 Å². The summed E-state index contributed by atoms with van der Waals surface area (Å²) in [5.41, 5.74) is 0.791. The molecule has 1 aliphatic rings. The lowest BCUT2D eigenvalue weighted by molar-refractivity contribution is 0.0990. The van der Waals surface area contributed by atoms with E-state index in [0.29, 0.717) is 11.1 Å². The molecule has 5 aromatic rings. The minimum absolute atomic E-state index is 0.159. The number of carbonyl (C=O) groups excluding carboxylic acids is 2. The van der Waals surface area contributed by atoms with Crippen LogP contribution in [-0.2, 0) is 0 Å². The highest BCUT2D eigenvalue weighted by Gasteiger charge is 2.34. The van der Waals surface area contributed by atoms with Gasteiger partial charge in [0, 0.05) is 39.9 Å². The molecule has 0 bridgehead atoms. The number of halogens is 2. The van der Waals surface area contributed by atoms with Crippen LogP contribution in [0, 0.1) is 0 Å². The van der Waals surface area contributed by atoms with Gasteiger partial charge in [0.2, 0.25) is 0 Å². The monoisotopic (exact) mass is 496 g/mol. The van der Waals surface area contributed by atoms with Gasteiger partial charge in [-0.25, -0.2) is 0 Å². The van der Waals surface area contributed by atoms with E-state index >= 15 is 0 Å². The van der Waals surface area contributed by atoms with Crippen molar-refractivity contribution in [1.29, 1.82) is 0 Å². The first kappa shape index (κ1) is 19.4. The Hall–Kier alpha value is -2.28. The van der Waals surface area contributed by atoms with Crippen LogP contribution in [-0.4, -0.2) is 11.6 Å². The summed E-state index contributed by atoms with van der Waals surface area (Å²) >= 11 is 17.2. The van der Waals surface area contributed by atoms with Gasteiger partial charge in [0.05, 0.1) is 15.6 Å². The molecule has 1 aliphatic carbocycles. The lowest BCUT2D eigenvalue weighted by Crippen LogP contribution is -1.99. The van der Waals surface area contributed by atoms with Gasteiger partial charge in [-0.1, -0.05) is 41.4 Å². The smallest absolute Gasteiger partial charge is 0.197 e. The van der Waals surface area contributed by atoms with Gasteiger partial charge in [-0.3, -0.25) is 9.59 Å². The number of hydrogen-bond acceptors (Lipinski definition) is 5. The van der Waals surface area contributed by atoms with Crippen LogP contribution in [0.4, 0.5) is 0 Å². The predicted octanol–water partition coefficient (Wildman–Crippen LogP) is 8.61. The van der Waals surface area contributed by atoms with E-state index in [1.165, 1.54) is 32.0 Å². The van der Waals surface area contributed by atoms with Gasteiger partial charge in [-0.2, -0.15) is 0 Å². The van der Waals surface area contributed by atoms with Gasteiger partial charge in [-0.15, -0.1) is 34.0 Å². The Morgan fingerprint density at radius 3 is 1.97 bits per heavy atom. The number of Topliss-reactive ketones (excluding diaryl/α,β-unsaturated/α-hetero) is 2. The largest absolute Gasteiger partial charge is 0.288 e. The number of rotatable bonds is 2. The van der Waals surface area contributed by atoms with Crippen LogP contribution in [0.15, 0.2) is 60.2 Å². The molecule has 0 saturated carbocycles. The van der Waals surface area contributed by atoms with E-state index in [0.717, 1.165) is 14.3 Å². The maximum atomic E-state index is 12.8. The van der Waals surface area contributed by atoms with Crippen molar-refractivity contribution in [2.24, 2.45) is 0 Å². The van der Waals surface area contributed by atoms with Gasteiger partial charge in [0.1, 0.15) is 0 Å².